The maximum atomic E-state index is 10.4. The molecule has 4 N–H and O–H groups in total. The summed E-state index contributed by atoms with van der Waals surface area (Å²) >= 11 is 0. The van der Waals surface area contributed by atoms with Crippen molar-refractivity contribution in [1.82, 2.24) is 0 Å². The molecular formula is C42H82O5. The van der Waals surface area contributed by atoms with Crippen LogP contribution in [0.15, 0.2) is 24.3 Å². The van der Waals surface area contributed by atoms with Gasteiger partial charge in [-0.1, -0.05) is 141 Å². The first kappa shape index (κ1) is 46.3. The van der Waals surface area contributed by atoms with Gasteiger partial charge in [0, 0.05) is 12.8 Å². The Morgan fingerprint density at radius 2 is 0.723 bits per heavy atom. The SMILES string of the molecule is CCCCCCCC/C=C\CCCCCCC(C)(CC(O)CO)OC(C)(CCCCCC/C=C\CCCCCCCC)CC(O)CO. The highest BCUT2D eigenvalue weighted by atomic mass is 16.5. The lowest BCUT2D eigenvalue weighted by Crippen LogP contribution is -2.45. The van der Waals surface area contributed by atoms with Crippen molar-refractivity contribution in [2.75, 3.05) is 13.2 Å². The van der Waals surface area contributed by atoms with Gasteiger partial charge < -0.3 is 25.2 Å². The van der Waals surface area contributed by atoms with Crippen molar-refractivity contribution < 1.29 is 25.2 Å². The molecule has 0 radical (unpaired) electrons. The van der Waals surface area contributed by atoms with Gasteiger partial charge in [-0.15, -0.1) is 0 Å². The van der Waals surface area contributed by atoms with Crippen molar-refractivity contribution in [3.8, 4) is 0 Å². The van der Waals surface area contributed by atoms with Gasteiger partial charge in [-0.05, 0) is 78.1 Å². The van der Waals surface area contributed by atoms with E-state index in [1.165, 1.54) is 116 Å². The van der Waals surface area contributed by atoms with Gasteiger partial charge >= 0.3 is 0 Å². The lowest BCUT2D eigenvalue weighted by Gasteiger charge is -2.42. The van der Waals surface area contributed by atoms with E-state index in [9.17, 15) is 20.4 Å². The lowest BCUT2D eigenvalue weighted by molar-refractivity contribution is -0.178. The fourth-order valence-electron chi connectivity index (χ4n) is 6.90. The minimum Gasteiger partial charge on any atom is -0.394 e. The third-order valence-electron chi connectivity index (χ3n) is 9.68. The molecule has 0 aliphatic rings. The van der Waals surface area contributed by atoms with E-state index >= 15 is 0 Å². The number of ether oxygens (including phenoxy) is 1. The molecule has 47 heavy (non-hydrogen) atoms. The van der Waals surface area contributed by atoms with Gasteiger partial charge in [-0.3, -0.25) is 0 Å². The Morgan fingerprint density at radius 3 is 1.02 bits per heavy atom. The highest BCUT2D eigenvalue weighted by Gasteiger charge is 2.38. The fraction of sp³-hybridized carbons (Fsp3) is 0.905. The molecule has 0 aromatic carbocycles. The van der Waals surface area contributed by atoms with Crippen molar-refractivity contribution in [3.63, 3.8) is 0 Å². The van der Waals surface area contributed by atoms with Crippen molar-refractivity contribution in [3.05, 3.63) is 24.3 Å². The maximum absolute atomic E-state index is 10.4. The minimum absolute atomic E-state index is 0.284. The maximum Gasteiger partial charge on any atom is 0.0798 e. The second kappa shape index (κ2) is 32.5. The van der Waals surface area contributed by atoms with Gasteiger partial charge in [0.05, 0.1) is 36.6 Å². The summed E-state index contributed by atoms with van der Waals surface area (Å²) in [7, 11) is 0. The number of unbranched alkanes of at least 4 members (excludes halogenated alkanes) is 20. The van der Waals surface area contributed by atoms with Crippen molar-refractivity contribution in [1.29, 1.82) is 0 Å². The first-order chi connectivity index (χ1) is 22.7. The predicted molar refractivity (Wildman–Crippen MR) is 203 cm³/mol. The van der Waals surface area contributed by atoms with Gasteiger partial charge in [0.1, 0.15) is 0 Å². The summed E-state index contributed by atoms with van der Waals surface area (Å²) in [4.78, 5) is 0. The number of hydrogen-bond acceptors (Lipinski definition) is 5. The number of allylic oxidation sites excluding steroid dienone is 4. The van der Waals surface area contributed by atoms with Gasteiger partial charge in [-0.2, -0.15) is 0 Å². The molecule has 0 aliphatic heterocycles. The fourth-order valence-corrected chi connectivity index (χ4v) is 6.90. The van der Waals surface area contributed by atoms with E-state index in [1.54, 1.807) is 0 Å². The molecule has 4 unspecified atom stereocenters. The molecule has 0 spiro atoms. The first-order valence-electron chi connectivity index (χ1n) is 20.3. The highest BCUT2D eigenvalue weighted by Crippen LogP contribution is 2.36. The smallest absolute Gasteiger partial charge is 0.0798 e. The normalized spacial score (nSPS) is 16.2. The van der Waals surface area contributed by atoms with Crippen LogP contribution in [0.5, 0.6) is 0 Å². The zero-order valence-corrected chi connectivity index (χ0v) is 31.9. The van der Waals surface area contributed by atoms with Crippen LogP contribution in [0.25, 0.3) is 0 Å². The Bertz CT molecular complexity index is 651. The van der Waals surface area contributed by atoms with E-state index in [2.05, 4.69) is 52.0 Å². The van der Waals surface area contributed by atoms with E-state index < -0.39 is 23.4 Å². The Labute approximate surface area is 293 Å². The Balaban J connectivity index is 4.61. The zero-order chi connectivity index (χ0) is 34.9. The summed E-state index contributed by atoms with van der Waals surface area (Å²) < 4.78 is 6.83. The number of hydrogen-bond donors (Lipinski definition) is 4. The molecule has 5 nitrogen and oxygen atoms in total. The predicted octanol–water partition coefficient (Wildman–Crippen LogP) is 11.3. The highest BCUT2D eigenvalue weighted by molar-refractivity contribution is 4.88. The molecule has 0 saturated carbocycles. The number of aliphatic hydroxyl groups is 4. The molecule has 0 aromatic heterocycles. The van der Waals surface area contributed by atoms with Crippen molar-refractivity contribution >= 4 is 0 Å². The molecule has 5 heteroatoms. The summed E-state index contributed by atoms with van der Waals surface area (Å²) in [6, 6.07) is 0. The van der Waals surface area contributed by atoms with Crippen LogP contribution in [-0.2, 0) is 4.74 Å². The molecule has 0 fully saturated rings. The molecule has 0 bridgehead atoms. The molecule has 4 atom stereocenters. The topological polar surface area (TPSA) is 90.2 Å². The van der Waals surface area contributed by atoms with Crippen LogP contribution >= 0.6 is 0 Å². The molecule has 0 amide bonds. The molecular weight excluding hydrogens is 584 g/mol. The Morgan fingerprint density at radius 1 is 0.447 bits per heavy atom. The second-order valence-corrected chi connectivity index (χ2v) is 15.0. The van der Waals surface area contributed by atoms with Crippen LogP contribution in [0.4, 0.5) is 0 Å². The van der Waals surface area contributed by atoms with Crippen molar-refractivity contribution in [2.45, 2.75) is 231 Å². The minimum atomic E-state index is -0.835. The average molecular weight is 667 g/mol. The molecule has 0 heterocycles. The Hall–Kier alpha value is -0.720. The van der Waals surface area contributed by atoms with Crippen LogP contribution in [0.2, 0.25) is 0 Å². The molecule has 0 aliphatic carbocycles. The third-order valence-corrected chi connectivity index (χ3v) is 9.68. The largest absolute Gasteiger partial charge is 0.394 e. The molecule has 0 saturated heterocycles. The molecule has 280 valence electrons. The van der Waals surface area contributed by atoms with Crippen molar-refractivity contribution in [2.24, 2.45) is 0 Å². The van der Waals surface area contributed by atoms with Crippen LogP contribution in [0, 0.1) is 0 Å². The zero-order valence-electron chi connectivity index (χ0n) is 31.9. The van der Waals surface area contributed by atoms with E-state index in [-0.39, 0.29) is 13.2 Å². The van der Waals surface area contributed by atoms with E-state index in [1.807, 2.05) is 0 Å². The van der Waals surface area contributed by atoms with Crippen LogP contribution in [0.1, 0.15) is 207 Å². The van der Waals surface area contributed by atoms with Gasteiger partial charge in [0.2, 0.25) is 0 Å². The Kier molecular flexibility index (Phi) is 32.0. The summed E-state index contributed by atoms with van der Waals surface area (Å²) in [5.74, 6) is 0. The van der Waals surface area contributed by atoms with Gasteiger partial charge in [-0.25, -0.2) is 0 Å². The van der Waals surface area contributed by atoms with Crippen LogP contribution < -0.4 is 0 Å². The third kappa shape index (κ3) is 29.9. The number of aliphatic hydroxyl groups excluding tert-OH is 4. The van der Waals surface area contributed by atoms with Gasteiger partial charge in [0.15, 0.2) is 0 Å². The monoisotopic (exact) mass is 667 g/mol. The average Bonchev–Trinajstić information content (AvgIpc) is 3.04. The summed E-state index contributed by atoms with van der Waals surface area (Å²) in [5, 5.41) is 40.1. The van der Waals surface area contributed by atoms with Crippen LogP contribution in [0.3, 0.4) is 0 Å². The van der Waals surface area contributed by atoms with E-state index in [0.717, 1.165) is 51.4 Å². The van der Waals surface area contributed by atoms with Crippen LogP contribution in [-0.4, -0.2) is 57.0 Å². The quantitative estimate of drug-likeness (QED) is 0.0395. The summed E-state index contributed by atoms with van der Waals surface area (Å²) in [5.41, 5.74) is -1.21. The lowest BCUT2D eigenvalue weighted by atomic mass is 9.86. The molecule has 0 rings (SSSR count). The second-order valence-electron chi connectivity index (χ2n) is 15.0. The standard InChI is InChI=1S/C42H82O5/c1-5-7-9-11-13-15-17-19-21-23-25-27-29-31-33-41(3,35-39(45)37-43)47-42(4,36-40(46)38-44)34-32-30-28-26-24-22-20-18-16-14-12-10-8-6-2/h19-22,39-40,43-46H,5-18,23-38H2,1-4H3/b21-19-,22-20-. The van der Waals surface area contributed by atoms with E-state index in [0.29, 0.717) is 12.8 Å². The summed E-state index contributed by atoms with van der Waals surface area (Å²) in [6.07, 6.45) is 39.9. The first-order valence-corrected chi connectivity index (χ1v) is 20.3. The molecule has 0 aromatic rings. The summed E-state index contributed by atoms with van der Waals surface area (Å²) in [6.45, 7) is 8.07. The van der Waals surface area contributed by atoms with E-state index in [4.69, 9.17) is 4.74 Å². The van der Waals surface area contributed by atoms with Gasteiger partial charge in [0.25, 0.3) is 0 Å². The number of rotatable bonds is 36.